The molecule has 0 spiro atoms. The number of halogens is 1. The fourth-order valence-electron chi connectivity index (χ4n) is 3.36. The number of piperidine rings is 1. The number of amides is 1. The number of carbonyl (C=O) groups excluding carboxylic acids is 2. The summed E-state index contributed by atoms with van der Waals surface area (Å²) in [4.78, 5) is 26.4. The molecular formula is C21H32ClN3O4. The lowest BCUT2D eigenvalue weighted by Crippen LogP contribution is -2.40. The third-order valence-electron chi connectivity index (χ3n) is 5.07. The van der Waals surface area contributed by atoms with Crippen LogP contribution in [0.2, 0.25) is 5.02 Å². The standard InChI is InChI=1S/C21H32ClN3O4/c1-14(2)10-20(26)24-13-15-4-6-25(7-5-15)8-9-29-21(27)16-11-17(22)18(23)12-19(16)28-3/h11-12,14-15H,4-10,13,23H2,1-3H3,(H,24,26). The van der Waals surface area contributed by atoms with Crippen molar-refractivity contribution in [2.24, 2.45) is 11.8 Å². The normalized spacial score (nSPS) is 15.3. The molecule has 0 unspecified atom stereocenters. The maximum Gasteiger partial charge on any atom is 0.342 e. The summed E-state index contributed by atoms with van der Waals surface area (Å²) >= 11 is 6.00. The topological polar surface area (TPSA) is 93.9 Å². The fraction of sp³-hybridized carbons (Fsp3) is 0.619. The van der Waals surface area contributed by atoms with Crippen molar-refractivity contribution in [3.8, 4) is 5.75 Å². The smallest absolute Gasteiger partial charge is 0.342 e. The second-order valence-corrected chi connectivity index (χ2v) is 8.30. The first kappa shape index (κ1) is 23.3. The minimum Gasteiger partial charge on any atom is -0.496 e. The van der Waals surface area contributed by atoms with Crippen LogP contribution < -0.4 is 15.8 Å². The van der Waals surface area contributed by atoms with Crippen molar-refractivity contribution in [1.82, 2.24) is 10.2 Å². The van der Waals surface area contributed by atoms with E-state index in [1.165, 1.54) is 19.2 Å². The molecule has 0 saturated carbocycles. The summed E-state index contributed by atoms with van der Waals surface area (Å²) in [5, 5.41) is 3.33. The first-order chi connectivity index (χ1) is 13.8. The number of nitrogens with zero attached hydrogens (tertiary/aromatic N) is 1. The second-order valence-electron chi connectivity index (χ2n) is 7.90. The van der Waals surface area contributed by atoms with Gasteiger partial charge in [0.2, 0.25) is 5.91 Å². The van der Waals surface area contributed by atoms with Crippen LogP contribution in [-0.4, -0.2) is 56.7 Å². The lowest BCUT2D eigenvalue weighted by Gasteiger charge is -2.31. The third kappa shape index (κ3) is 7.40. The van der Waals surface area contributed by atoms with E-state index in [9.17, 15) is 9.59 Å². The zero-order chi connectivity index (χ0) is 21.4. The van der Waals surface area contributed by atoms with E-state index in [1.807, 2.05) is 13.8 Å². The van der Waals surface area contributed by atoms with Gasteiger partial charge in [-0.05, 0) is 43.8 Å². The van der Waals surface area contributed by atoms with Gasteiger partial charge in [0, 0.05) is 25.6 Å². The first-order valence-electron chi connectivity index (χ1n) is 10.1. The van der Waals surface area contributed by atoms with Gasteiger partial charge in [-0.3, -0.25) is 9.69 Å². The summed E-state index contributed by atoms with van der Waals surface area (Å²) in [7, 11) is 1.47. The Balaban J connectivity index is 1.70. The molecule has 1 aliphatic rings. The highest BCUT2D eigenvalue weighted by Crippen LogP contribution is 2.29. The highest BCUT2D eigenvalue weighted by Gasteiger charge is 2.21. The van der Waals surface area contributed by atoms with E-state index in [1.54, 1.807) is 0 Å². The van der Waals surface area contributed by atoms with E-state index in [0.29, 0.717) is 47.9 Å². The molecule has 1 aromatic rings. The molecule has 1 amide bonds. The van der Waals surface area contributed by atoms with Crippen LogP contribution in [0.15, 0.2) is 12.1 Å². The van der Waals surface area contributed by atoms with Gasteiger partial charge in [-0.25, -0.2) is 4.79 Å². The van der Waals surface area contributed by atoms with Gasteiger partial charge in [-0.2, -0.15) is 0 Å². The Morgan fingerprint density at radius 1 is 1.31 bits per heavy atom. The zero-order valence-corrected chi connectivity index (χ0v) is 18.3. The van der Waals surface area contributed by atoms with Crippen molar-refractivity contribution < 1.29 is 19.1 Å². The largest absolute Gasteiger partial charge is 0.496 e. The van der Waals surface area contributed by atoms with Gasteiger partial charge in [-0.15, -0.1) is 0 Å². The molecule has 0 aliphatic carbocycles. The number of ether oxygens (including phenoxy) is 2. The molecule has 0 aromatic heterocycles. The molecule has 1 fully saturated rings. The number of esters is 1. The first-order valence-corrected chi connectivity index (χ1v) is 10.5. The number of likely N-dealkylation sites (tertiary alicyclic amines) is 1. The van der Waals surface area contributed by atoms with Crippen LogP contribution in [0.1, 0.15) is 43.5 Å². The number of nitrogen functional groups attached to an aromatic ring is 1. The lowest BCUT2D eigenvalue weighted by atomic mass is 9.96. The van der Waals surface area contributed by atoms with Crippen LogP contribution in [-0.2, 0) is 9.53 Å². The molecule has 7 nitrogen and oxygen atoms in total. The van der Waals surface area contributed by atoms with Crippen molar-refractivity contribution in [1.29, 1.82) is 0 Å². The van der Waals surface area contributed by atoms with E-state index in [-0.39, 0.29) is 11.5 Å². The summed E-state index contributed by atoms with van der Waals surface area (Å²) < 4.78 is 10.6. The Morgan fingerprint density at radius 3 is 2.62 bits per heavy atom. The Bertz CT molecular complexity index is 703. The SMILES string of the molecule is COc1cc(N)c(Cl)cc1C(=O)OCCN1CCC(CNC(=O)CC(C)C)CC1. The maximum absolute atomic E-state index is 12.3. The molecule has 1 aliphatic heterocycles. The molecule has 0 bridgehead atoms. The van der Waals surface area contributed by atoms with Gasteiger partial charge < -0.3 is 20.5 Å². The number of carbonyl (C=O) groups is 2. The number of nitrogens with two attached hydrogens (primary N) is 1. The fourth-order valence-corrected chi connectivity index (χ4v) is 3.52. The quantitative estimate of drug-likeness (QED) is 0.466. The van der Waals surface area contributed by atoms with E-state index in [0.717, 1.165) is 32.5 Å². The summed E-state index contributed by atoms with van der Waals surface area (Å²) in [6.07, 6.45) is 2.63. The van der Waals surface area contributed by atoms with E-state index in [2.05, 4.69) is 10.2 Å². The molecule has 1 saturated heterocycles. The Hall–Kier alpha value is -1.99. The van der Waals surface area contributed by atoms with Crippen LogP contribution in [0.3, 0.4) is 0 Å². The maximum atomic E-state index is 12.3. The lowest BCUT2D eigenvalue weighted by molar-refractivity contribution is -0.122. The van der Waals surface area contributed by atoms with Crippen LogP contribution in [0.4, 0.5) is 5.69 Å². The minimum absolute atomic E-state index is 0.132. The van der Waals surface area contributed by atoms with E-state index in [4.69, 9.17) is 26.8 Å². The summed E-state index contributed by atoms with van der Waals surface area (Å²) in [5.74, 6) is 0.881. The number of rotatable bonds is 9. The van der Waals surface area contributed by atoms with Crippen molar-refractivity contribution in [3.63, 3.8) is 0 Å². The average Bonchev–Trinajstić information content (AvgIpc) is 2.68. The molecule has 162 valence electrons. The Labute approximate surface area is 177 Å². The summed E-state index contributed by atoms with van der Waals surface area (Å²) in [6, 6.07) is 2.99. The van der Waals surface area contributed by atoms with E-state index < -0.39 is 5.97 Å². The second kappa shape index (κ2) is 11.3. The number of hydrogen-bond donors (Lipinski definition) is 2. The van der Waals surface area contributed by atoms with Gasteiger partial charge in [-0.1, -0.05) is 25.4 Å². The van der Waals surface area contributed by atoms with Crippen molar-refractivity contribution in [2.45, 2.75) is 33.1 Å². The van der Waals surface area contributed by atoms with Crippen molar-refractivity contribution in [2.75, 3.05) is 45.6 Å². The molecule has 1 aromatic carbocycles. The van der Waals surface area contributed by atoms with Gasteiger partial charge in [0.05, 0.1) is 17.8 Å². The predicted octanol–water partition coefficient (Wildman–Crippen LogP) is 2.96. The van der Waals surface area contributed by atoms with Crippen LogP contribution in [0.5, 0.6) is 5.75 Å². The predicted molar refractivity (Wildman–Crippen MR) is 114 cm³/mol. The molecule has 0 atom stereocenters. The minimum atomic E-state index is -0.480. The van der Waals surface area contributed by atoms with Crippen LogP contribution in [0.25, 0.3) is 0 Å². The Kier molecular flexibility index (Phi) is 9.04. The monoisotopic (exact) mass is 425 g/mol. The Morgan fingerprint density at radius 2 is 2.00 bits per heavy atom. The zero-order valence-electron chi connectivity index (χ0n) is 17.5. The van der Waals surface area contributed by atoms with Gasteiger partial charge in [0.1, 0.15) is 17.9 Å². The number of methoxy groups -OCH3 is 1. The number of benzene rings is 1. The molecule has 0 radical (unpaired) electrons. The van der Waals surface area contributed by atoms with Crippen LogP contribution >= 0.6 is 11.6 Å². The van der Waals surface area contributed by atoms with Gasteiger partial charge in [0.25, 0.3) is 0 Å². The third-order valence-corrected chi connectivity index (χ3v) is 5.40. The molecule has 3 N–H and O–H groups in total. The summed E-state index contributed by atoms with van der Waals surface area (Å²) in [5.41, 5.74) is 6.36. The van der Waals surface area contributed by atoms with E-state index >= 15 is 0 Å². The number of anilines is 1. The van der Waals surface area contributed by atoms with Crippen molar-refractivity contribution in [3.05, 3.63) is 22.7 Å². The molecule has 1 heterocycles. The number of nitrogens with one attached hydrogen (secondary N) is 1. The van der Waals surface area contributed by atoms with Crippen LogP contribution in [0, 0.1) is 11.8 Å². The summed E-state index contributed by atoms with van der Waals surface area (Å²) in [6.45, 7) is 7.65. The molecule has 2 rings (SSSR count). The molecule has 8 heteroatoms. The highest BCUT2D eigenvalue weighted by atomic mass is 35.5. The van der Waals surface area contributed by atoms with Crippen molar-refractivity contribution >= 4 is 29.2 Å². The number of hydrogen-bond acceptors (Lipinski definition) is 6. The molecule has 29 heavy (non-hydrogen) atoms. The average molecular weight is 426 g/mol. The van der Waals surface area contributed by atoms with Gasteiger partial charge in [0.15, 0.2) is 0 Å². The highest BCUT2D eigenvalue weighted by molar-refractivity contribution is 6.33. The molecular weight excluding hydrogens is 394 g/mol. The van der Waals surface area contributed by atoms with Gasteiger partial charge >= 0.3 is 5.97 Å².